The van der Waals surface area contributed by atoms with Crippen LogP contribution in [0.4, 0.5) is 0 Å². The average Bonchev–Trinajstić information content (AvgIpc) is 2.02. The normalized spacial score (nSPS) is 15.5. The Labute approximate surface area is 87.3 Å². The number of nitrogens with two attached hydrogens (primary N) is 1. The largest absolute Gasteiger partial charge is 0.394 e. The first-order valence-electron chi connectivity index (χ1n) is 3.82. The zero-order valence-corrected chi connectivity index (χ0v) is 8.73. The molecule has 3 N–H and O–H groups in total. The highest BCUT2D eigenvalue weighted by atomic mass is 35.5. The number of hydrogen-bond acceptors (Lipinski definition) is 2. The van der Waals surface area contributed by atoms with E-state index in [1.165, 1.54) is 0 Å². The Morgan fingerprint density at radius 1 is 1.31 bits per heavy atom. The fraction of sp³-hybridized carbons (Fsp3) is 0.333. The summed E-state index contributed by atoms with van der Waals surface area (Å²) in [5.74, 6) is 0. The predicted octanol–water partition coefficient (Wildman–Crippen LogP) is 2.16. The maximum atomic E-state index is 9.02. The molecule has 1 atom stereocenters. The topological polar surface area (TPSA) is 46.2 Å². The summed E-state index contributed by atoms with van der Waals surface area (Å²) in [5.41, 5.74) is 5.74. The molecule has 0 aromatic heterocycles. The third-order valence-electron chi connectivity index (χ3n) is 1.85. The smallest absolute Gasteiger partial charge is 0.0650 e. The van der Waals surface area contributed by atoms with Gasteiger partial charge in [-0.05, 0) is 30.7 Å². The molecule has 0 bridgehead atoms. The first-order valence-corrected chi connectivity index (χ1v) is 4.57. The summed E-state index contributed by atoms with van der Waals surface area (Å²) < 4.78 is 0. The molecule has 0 fully saturated rings. The molecule has 1 aromatic carbocycles. The van der Waals surface area contributed by atoms with Gasteiger partial charge in [0.25, 0.3) is 0 Å². The van der Waals surface area contributed by atoms with Gasteiger partial charge >= 0.3 is 0 Å². The second kappa shape index (κ2) is 3.84. The molecule has 13 heavy (non-hydrogen) atoms. The minimum atomic E-state index is -0.797. The number of benzene rings is 1. The van der Waals surface area contributed by atoms with Crippen molar-refractivity contribution < 1.29 is 5.11 Å². The number of aliphatic hydroxyl groups excluding tert-OH is 1. The van der Waals surface area contributed by atoms with Crippen LogP contribution in [0.1, 0.15) is 12.5 Å². The van der Waals surface area contributed by atoms with Crippen molar-refractivity contribution >= 4 is 23.2 Å². The van der Waals surface area contributed by atoms with E-state index < -0.39 is 5.54 Å². The first-order chi connectivity index (χ1) is 5.95. The molecule has 1 unspecified atom stereocenters. The van der Waals surface area contributed by atoms with Gasteiger partial charge in [0.1, 0.15) is 0 Å². The highest BCUT2D eigenvalue weighted by Crippen LogP contribution is 2.25. The molecule has 0 aliphatic rings. The Hall–Kier alpha value is -0.280. The molecule has 0 saturated heterocycles. The Bertz CT molecular complexity index is 292. The highest BCUT2D eigenvalue weighted by Gasteiger charge is 2.20. The quantitative estimate of drug-likeness (QED) is 0.802. The third-order valence-corrected chi connectivity index (χ3v) is 2.29. The van der Waals surface area contributed by atoms with Crippen molar-refractivity contribution in [1.82, 2.24) is 0 Å². The molecular weight excluding hydrogens is 209 g/mol. The van der Waals surface area contributed by atoms with E-state index in [0.717, 1.165) is 5.56 Å². The molecule has 1 rings (SSSR count). The second-order valence-corrected chi connectivity index (χ2v) is 4.11. The first kappa shape index (κ1) is 10.8. The van der Waals surface area contributed by atoms with Gasteiger partial charge in [-0.3, -0.25) is 0 Å². The van der Waals surface area contributed by atoms with Crippen LogP contribution in [0.3, 0.4) is 0 Å². The summed E-state index contributed by atoms with van der Waals surface area (Å²) in [4.78, 5) is 0. The summed E-state index contributed by atoms with van der Waals surface area (Å²) in [6.07, 6.45) is 0. The average molecular weight is 220 g/mol. The summed E-state index contributed by atoms with van der Waals surface area (Å²) in [6, 6.07) is 5.02. The molecule has 4 heteroatoms. The molecule has 0 heterocycles. The maximum Gasteiger partial charge on any atom is 0.0650 e. The Kier molecular flexibility index (Phi) is 3.19. The highest BCUT2D eigenvalue weighted by molar-refractivity contribution is 6.34. The van der Waals surface area contributed by atoms with E-state index in [4.69, 9.17) is 34.0 Å². The van der Waals surface area contributed by atoms with Crippen LogP contribution in [0, 0.1) is 0 Å². The maximum absolute atomic E-state index is 9.02. The van der Waals surface area contributed by atoms with E-state index in [1.807, 2.05) is 0 Å². The summed E-state index contributed by atoms with van der Waals surface area (Å²) in [7, 11) is 0. The van der Waals surface area contributed by atoms with E-state index in [1.54, 1.807) is 25.1 Å². The van der Waals surface area contributed by atoms with Crippen molar-refractivity contribution in [2.45, 2.75) is 12.5 Å². The SMILES string of the molecule is CC(N)(CO)c1cc(Cl)cc(Cl)c1. The van der Waals surface area contributed by atoms with Gasteiger partial charge in [0.2, 0.25) is 0 Å². The summed E-state index contributed by atoms with van der Waals surface area (Å²) in [6.45, 7) is 1.57. The van der Waals surface area contributed by atoms with Gasteiger partial charge < -0.3 is 10.8 Å². The molecule has 0 radical (unpaired) electrons. The molecule has 0 spiro atoms. The van der Waals surface area contributed by atoms with Gasteiger partial charge in [0.15, 0.2) is 0 Å². The lowest BCUT2D eigenvalue weighted by molar-refractivity contribution is 0.210. The lowest BCUT2D eigenvalue weighted by atomic mass is 9.94. The lowest BCUT2D eigenvalue weighted by Gasteiger charge is -2.22. The minimum Gasteiger partial charge on any atom is -0.394 e. The van der Waals surface area contributed by atoms with Crippen molar-refractivity contribution in [3.05, 3.63) is 33.8 Å². The van der Waals surface area contributed by atoms with Crippen LogP contribution in [-0.2, 0) is 5.54 Å². The van der Waals surface area contributed by atoms with Crippen molar-refractivity contribution in [3.8, 4) is 0 Å². The van der Waals surface area contributed by atoms with Gasteiger partial charge in [0, 0.05) is 10.0 Å². The van der Waals surface area contributed by atoms with Crippen LogP contribution >= 0.6 is 23.2 Å². The van der Waals surface area contributed by atoms with Crippen molar-refractivity contribution in [2.24, 2.45) is 5.73 Å². The number of rotatable bonds is 2. The Morgan fingerprint density at radius 3 is 2.15 bits per heavy atom. The van der Waals surface area contributed by atoms with Crippen LogP contribution in [0.5, 0.6) is 0 Å². The molecule has 0 aliphatic heterocycles. The van der Waals surface area contributed by atoms with E-state index in [9.17, 15) is 0 Å². The van der Waals surface area contributed by atoms with E-state index >= 15 is 0 Å². The van der Waals surface area contributed by atoms with Crippen LogP contribution in [0.25, 0.3) is 0 Å². The van der Waals surface area contributed by atoms with Crippen molar-refractivity contribution in [1.29, 1.82) is 0 Å². The van der Waals surface area contributed by atoms with Crippen molar-refractivity contribution in [2.75, 3.05) is 6.61 Å². The van der Waals surface area contributed by atoms with E-state index in [2.05, 4.69) is 0 Å². The van der Waals surface area contributed by atoms with Gasteiger partial charge in [0.05, 0.1) is 12.1 Å². The van der Waals surface area contributed by atoms with E-state index in [-0.39, 0.29) is 6.61 Å². The Morgan fingerprint density at radius 2 is 1.77 bits per heavy atom. The molecule has 0 aliphatic carbocycles. The Balaban J connectivity index is 3.15. The van der Waals surface area contributed by atoms with Gasteiger partial charge in [-0.15, -0.1) is 0 Å². The fourth-order valence-corrected chi connectivity index (χ4v) is 1.50. The minimum absolute atomic E-state index is 0.149. The zero-order valence-electron chi connectivity index (χ0n) is 7.22. The second-order valence-electron chi connectivity index (χ2n) is 3.23. The van der Waals surface area contributed by atoms with Crippen LogP contribution in [-0.4, -0.2) is 11.7 Å². The number of hydrogen-bond donors (Lipinski definition) is 2. The van der Waals surface area contributed by atoms with E-state index in [0.29, 0.717) is 10.0 Å². The summed E-state index contributed by atoms with van der Waals surface area (Å²) in [5, 5.41) is 10.1. The summed E-state index contributed by atoms with van der Waals surface area (Å²) >= 11 is 11.6. The molecule has 72 valence electrons. The number of aliphatic hydroxyl groups is 1. The van der Waals surface area contributed by atoms with Crippen LogP contribution in [0.15, 0.2) is 18.2 Å². The van der Waals surface area contributed by atoms with Crippen LogP contribution in [0.2, 0.25) is 10.0 Å². The third kappa shape index (κ3) is 2.58. The van der Waals surface area contributed by atoms with Gasteiger partial charge in [-0.1, -0.05) is 23.2 Å². The molecule has 2 nitrogen and oxygen atoms in total. The van der Waals surface area contributed by atoms with Gasteiger partial charge in [-0.25, -0.2) is 0 Å². The predicted molar refractivity (Wildman–Crippen MR) is 55.1 cm³/mol. The molecule has 1 aromatic rings. The number of halogens is 2. The monoisotopic (exact) mass is 219 g/mol. The molecular formula is C9H11Cl2NO. The lowest BCUT2D eigenvalue weighted by Crippen LogP contribution is -2.36. The van der Waals surface area contributed by atoms with Gasteiger partial charge in [-0.2, -0.15) is 0 Å². The fourth-order valence-electron chi connectivity index (χ4n) is 0.975. The molecule has 0 amide bonds. The molecule has 0 saturated carbocycles. The zero-order chi connectivity index (χ0) is 10.1. The van der Waals surface area contributed by atoms with Crippen molar-refractivity contribution in [3.63, 3.8) is 0 Å². The van der Waals surface area contributed by atoms with Crippen LogP contribution < -0.4 is 5.73 Å². The standard InChI is InChI=1S/C9H11Cl2NO/c1-9(12,5-13)6-2-7(10)4-8(11)3-6/h2-4,13H,5,12H2,1H3.